The summed E-state index contributed by atoms with van der Waals surface area (Å²) in [5.41, 5.74) is 0.732. The van der Waals surface area contributed by atoms with Crippen molar-refractivity contribution in [2.45, 2.75) is 18.7 Å². The zero-order valence-electron chi connectivity index (χ0n) is 17.4. The monoisotopic (exact) mass is 453 g/mol. The molecular weight excluding hydrogens is 428 g/mol. The molecule has 1 fully saturated rings. The Hall–Kier alpha value is -2.56. The lowest BCUT2D eigenvalue weighted by Gasteiger charge is -2.30. The van der Waals surface area contributed by atoms with Crippen molar-refractivity contribution in [1.82, 2.24) is 4.31 Å². The quantitative estimate of drug-likeness (QED) is 0.697. The molecule has 0 atom stereocenters. The molecule has 3 rings (SSSR count). The molecule has 1 N–H and O–H groups in total. The molecule has 1 aliphatic rings. The summed E-state index contributed by atoms with van der Waals surface area (Å²) in [7, 11) is -3.79. The number of hydrogen-bond acceptors (Lipinski definition) is 5. The second-order valence-electron chi connectivity index (χ2n) is 6.95. The van der Waals surface area contributed by atoms with Crippen LogP contribution in [0.25, 0.3) is 0 Å². The van der Waals surface area contributed by atoms with E-state index in [-0.39, 0.29) is 16.1 Å². The molecule has 0 aliphatic carbocycles. The minimum absolute atomic E-state index is 0.0105. The molecule has 2 aromatic rings. The van der Waals surface area contributed by atoms with Crippen molar-refractivity contribution in [2.75, 3.05) is 49.6 Å². The summed E-state index contributed by atoms with van der Waals surface area (Å²) in [5, 5.41) is 2.53. The molecule has 0 saturated carbocycles. The van der Waals surface area contributed by atoms with Crippen LogP contribution in [0.1, 0.15) is 24.2 Å². The first-order valence-corrected chi connectivity index (χ1v) is 11.4. The van der Waals surface area contributed by atoms with Crippen LogP contribution in [0.2, 0.25) is 0 Å². The average molecular weight is 454 g/mol. The lowest BCUT2D eigenvalue weighted by molar-refractivity contribution is 0.102. The van der Waals surface area contributed by atoms with Gasteiger partial charge in [0.15, 0.2) is 11.6 Å². The summed E-state index contributed by atoms with van der Waals surface area (Å²) < 4.78 is 59.4. The third-order valence-corrected chi connectivity index (χ3v) is 7.13. The van der Waals surface area contributed by atoms with Crippen LogP contribution >= 0.6 is 0 Å². The summed E-state index contributed by atoms with van der Waals surface area (Å²) in [4.78, 5) is 15.0. The van der Waals surface area contributed by atoms with E-state index in [1.807, 2.05) is 4.90 Å². The van der Waals surface area contributed by atoms with E-state index in [1.54, 1.807) is 19.9 Å². The fourth-order valence-corrected chi connectivity index (χ4v) is 4.91. The van der Waals surface area contributed by atoms with Gasteiger partial charge in [-0.1, -0.05) is 13.8 Å². The normalized spacial score (nSPS) is 14.7. The summed E-state index contributed by atoms with van der Waals surface area (Å²) in [6.07, 6.45) is 0. The van der Waals surface area contributed by atoms with Gasteiger partial charge in [-0.3, -0.25) is 4.79 Å². The van der Waals surface area contributed by atoms with Gasteiger partial charge in [-0.05, 0) is 30.3 Å². The van der Waals surface area contributed by atoms with E-state index in [0.717, 1.165) is 12.1 Å². The highest BCUT2D eigenvalue weighted by Gasteiger charge is 2.26. The highest BCUT2D eigenvalue weighted by molar-refractivity contribution is 7.89. The molecular formula is C21H25F2N3O4S. The van der Waals surface area contributed by atoms with Crippen molar-refractivity contribution in [3.8, 4) is 0 Å². The zero-order valence-corrected chi connectivity index (χ0v) is 18.2. The van der Waals surface area contributed by atoms with Crippen molar-refractivity contribution in [3.63, 3.8) is 0 Å². The van der Waals surface area contributed by atoms with Gasteiger partial charge in [0.2, 0.25) is 10.0 Å². The minimum atomic E-state index is -3.79. The molecule has 10 heteroatoms. The van der Waals surface area contributed by atoms with E-state index in [4.69, 9.17) is 4.74 Å². The van der Waals surface area contributed by atoms with Crippen LogP contribution in [-0.4, -0.2) is 58.0 Å². The van der Waals surface area contributed by atoms with Gasteiger partial charge in [0.25, 0.3) is 5.91 Å². The lowest BCUT2D eigenvalue weighted by Crippen LogP contribution is -2.37. The predicted octanol–water partition coefficient (Wildman–Crippen LogP) is 3.08. The summed E-state index contributed by atoms with van der Waals surface area (Å²) >= 11 is 0. The van der Waals surface area contributed by atoms with Crippen LogP contribution < -0.4 is 10.2 Å². The second-order valence-corrected chi connectivity index (χ2v) is 8.89. The minimum Gasteiger partial charge on any atom is -0.378 e. The van der Waals surface area contributed by atoms with E-state index >= 15 is 0 Å². The molecule has 7 nitrogen and oxygen atoms in total. The first-order valence-electron chi connectivity index (χ1n) is 10.0. The van der Waals surface area contributed by atoms with E-state index < -0.39 is 27.6 Å². The SMILES string of the molecule is CCN(CC)S(=O)(=O)c1ccc(N2CCOCC2)c(C(=O)Nc2ccc(F)c(F)c2)c1. The first kappa shape index (κ1) is 23.1. The summed E-state index contributed by atoms with van der Waals surface area (Å²) in [5.74, 6) is -2.74. The number of morpholine rings is 1. The van der Waals surface area contributed by atoms with Gasteiger partial charge in [-0.25, -0.2) is 17.2 Å². The smallest absolute Gasteiger partial charge is 0.257 e. The van der Waals surface area contributed by atoms with Gasteiger partial charge >= 0.3 is 0 Å². The number of carbonyl (C=O) groups excluding carboxylic acids is 1. The van der Waals surface area contributed by atoms with Crippen molar-refractivity contribution in [2.24, 2.45) is 0 Å². The number of ether oxygens (including phenoxy) is 1. The van der Waals surface area contributed by atoms with E-state index in [1.165, 1.54) is 22.5 Å². The Morgan fingerprint density at radius 3 is 2.35 bits per heavy atom. The summed E-state index contributed by atoms with van der Waals surface area (Å²) in [6, 6.07) is 7.43. The van der Waals surface area contributed by atoms with Gasteiger partial charge in [0.05, 0.1) is 23.7 Å². The zero-order chi connectivity index (χ0) is 22.6. The Kier molecular flexibility index (Phi) is 7.24. The van der Waals surface area contributed by atoms with Gasteiger partial charge in [-0.15, -0.1) is 0 Å². The maximum atomic E-state index is 13.6. The third-order valence-electron chi connectivity index (χ3n) is 5.09. The largest absolute Gasteiger partial charge is 0.378 e. The highest BCUT2D eigenvalue weighted by Crippen LogP contribution is 2.28. The van der Waals surface area contributed by atoms with Crippen LogP contribution in [0.3, 0.4) is 0 Å². The lowest BCUT2D eigenvalue weighted by atomic mass is 10.1. The predicted molar refractivity (Wildman–Crippen MR) is 114 cm³/mol. The molecule has 0 radical (unpaired) electrons. The maximum absolute atomic E-state index is 13.6. The third kappa shape index (κ3) is 5.03. The van der Waals surface area contributed by atoms with Gasteiger partial charge in [-0.2, -0.15) is 4.31 Å². The van der Waals surface area contributed by atoms with Crippen molar-refractivity contribution in [1.29, 1.82) is 0 Å². The molecule has 0 unspecified atom stereocenters. The van der Waals surface area contributed by atoms with Gasteiger partial charge in [0.1, 0.15) is 0 Å². The number of nitrogens with one attached hydrogen (secondary N) is 1. The number of sulfonamides is 1. The Labute approximate surface area is 180 Å². The maximum Gasteiger partial charge on any atom is 0.257 e. The Balaban J connectivity index is 2.02. The Morgan fingerprint density at radius 2 is 1.74 bits per heavy atom. The standard InChI is InChI=1S/C21H25F2N3O4S/c1-3-26(4-2)31(28,29)16-6-8-20(25-9-11-30-12-10-25)17(14-16)21(27)24-15-5-7-18(22)19(23)13-15/h5-8,13-14H,3-4,9-12H2,1-2H3,(H,24,27). The van der Waals surface area contributed by atoms with Crippen LogP contribution in [0.5, 0.6) is 0 Å². The van der Waals surface area contributed by atoms with E-state index in [2.05, 4.69) is 5.32 Å². The molecule has 0 bridgehead atoms. The number of benzene rings is 2. The Bertz CT molecular complexity index is 1050. The molecule has 0 aromatic heterocycles. The molecule has 1 aliphatic heterocycles. The highest BCUT2D eigenvalue weighted by atomic mass is 32.2. The van der Waals surface area contributed by atoms with Crippen LogP contribution in [0.15, 0.2) is 41.3 Å². The number of carbonyl (C=O) groups is 1. The average Bonchev–Trinajstić information content (AvgIpc) is 2.77. The second kappa shape index (κ2) is 9.71. The van der Waals surface area contributed by atoms with Crippen molar-refractivity contribution >= 4 is 27.3 Å². The molecule has 1 saturated heterocycles. The first-order chi connectivity index (χ1) is 14.8. The number of amides is 1. The number of anilines is 2. The van der Waals surface area contributed by atoms with Crippen molar-refractivity contribution < 1.29 is 26.7 Å². The molecule has 0 spiro atoms. The molecule has 168 valence electrons. The number of hydrogen-bond donors (Lipinski definition) is 1. The fourth-order valence-electron chi connectivity index (χ4n) is 3.42. The molecule has 1 heterocycles. The number of halogens is 2. The van der Waals surface area contributed by atoms with Gasteiger partial charge in [0, 0.05) is 43.6 Å². The fraction of sp³-hybridized carbons (Fsp3) is 0.381. The van der Waals surface area contributed by atoms with Crippen LogP contribution in [0.4, 0.5) is 20.2 Å². The van der Waals surface area contributed by atoms with Gasteiger partial charge < -0.3 is 15.0 Å². The number of rotatable bonds is 7. The van der Waals surface area contributed by atoms with Crippen LogP contribution in [-0.2, 0) is 14.8 Å². The Morgan fingerprint density at radius 1 is 1.06 bits per heavy atom. The van der Waals surface area contributed by atoms with E-state index in [9.17, 15) is 22.0 Å². The molecule has 2 aromatic carbocycles. The van der Waals surface area contributed by atoms with Crippen molar-refractivity contribution in [3.05, 3.63) is 53.6 Å². The van der Waals surface area contributed by atoms with E-state index in [0.29, 0.717) is 45.1 Å². The molecule has 31 heavy (non-hydrogen) atoms. The molecule has 1 amide bonds. The summed E-state index contributed by atoms with van der Waals surface area (Å²) in [6.45, 7) is 6.08. The topological polar surface area (TPSA) is 79.0 Å². The number of nitrogens with zero attached hydrogens (tertiary/aromatic N) is 2. The van der Waals surface area contributed by atoms with Crippen LogP contribution in [0, 0.1) is 11.6 Å².